The summed E-state index contributed by atoms with van der Waals surface area (Å²) in [5.41, 5.74) is 0.806. The number of amides is 1. The Morgan fingerprint density at radius 2 is 2.05 bits per heavy atom. The molecule has 19 heavy (non-hydrogen) atoms. The van der Waals surface area contributed by atoms with Gasteiger partial charge in [-0.15, -0.1) is 0 Å². The minimum Gasteiger partial charge on any atom is -0.393 e. The van der Waals surface area contributed by atoms with Crippen LogP contribution in [0.3, 0.4) is 0 Å². The van der Waals surface area contributed by atoms with Crippen LogP contribution in [0.2, 0.25) is 0 Å². The Morgan fingerprint density at radius 1 is 1.42 bits per heavy atom. The van der Waals surface area contributed by atoms with Crippen LogP contribution in [-0.2, 0) is 4.79 Å². The fourth-order valence-electron chi connectivity index (χ4n) is 2.33. The van der Waals surface area contributed by atoms with Crippen LogP contribution in [-0.4, -0.2) is 42.2 Å². The number of benzene rings is 1. The van der Waals surface area contributed by atoms with E-state index in [0.717, 1.165) is 29.5 Å². The zero-order valence-corrected chi connectivity index (χ0v) is 12.6. The van der Waals surface area contributed by atoms with Gasteiger partial charge in [0.25, 0.3) is 0 Å². The molecule has 0 aliphatic heterocycles. The molecular weight excluding hydrogens is 308 g/mol. The first-order valence-electron chi connectivity index (χ1n) is 6.45. The average Bonchev–Trinajstić information content (AvgIpc) is 2.30. The lowest BCUT2D eigenvalue weighted by Crippen LogP contribution is -2.39. The molecule has 1 amide bonds. The van der Waals surface area contributed by atoms with Gasteiger partial charge in [-0.05, 0) is 50.1 Å². The predicted molar refractivity (Wildman–Crippen MR) is 79.0 cm³/mol. The summed E-state index contributed by atoms with van der Waals surface area (Å²) in [6.07, 6.45) is 1.59. The average molecular weight is 327 g/mol. The fourth-order valence-corrected chi connectivity index (χ4v) is 2.60. The van der Waals surface area contributed by atoms with E-state index in [9.17, 15) is 9.90 Å². The molecule has 1 aliphatic rings. The molecular formula is C14H19BrN2O2. The lowest BCUT2D eigenvalue weighted by molar-refractivity contribution is -0.117. The van der Waals surface area contributed by atoms with Crippen LogP contribution in [0.25, 0.3) is 0 Å². The van der Waals surface area contributed by atoms with Gasteiger partial charge < -0.3 is 10.4 Å². The quantitative estimate of drug-likeness (QED) is 0.871. The molecule has 1 saturated carbocycles. The molecule has 4 nitrogen and oxygen atoms in total. The van der Waals surface area contributed by atoms with Gasteiger partial charge in [-0.1, -0.05) is 15.9 Å². The Bertz CT molecular complexity index is 430. The maximum absolute atomic E-state index is 11.8. The summed E-state index contributed by atoms with van der Waals surface area (Å²) >= 11 is 3.36. The SMILES string of the molecule is CN(CC(=O)Nc1ccc(Br)cc1)CC1CC(O)C1. The zero-order valence-electron chi connectivity index (χ0n) is 11.0. The Labute approximate surface area is 121 Å². The lowest BCUT2D eigenvalue weighted by atomic mass is 9.82. The van der Waals surface area contributed by atoms with E-state index in [4.69, 9.17) is 0 Å². The second-order valence-electron chi connectivity index (χ2n) is 5.24. The topological polar surface area (TPSA) is 52.6 Å². The maximum Gasteiger partial charge on any atom is 0.238 e. The van der Waals surface area contributed by atoms with E-state index < -0.39 is 0 Å². The highest BCUT2D eigenvalue weighted by Crippen LogP contribution is 2.27. The molecule has 5 heteroatoms. The van der Waals surface area contributed by atoms with Gasteiger partial charge in [0.05, 0.1) is 12.6 Å². The summed E-state index contributed by atoms with van der Waals surface area (Å²) in [5.74, 6) is 0.519. The van der Waals surface area contributed by atoms with Gasteiger partial charge in [0.2, 0.25) is 5.91 Å². The van der Waals surface area contributed by atoms with Crippen LogP contribution in [0.15, 0.2) is 28.7 Å². The second-order valence-corrected chi connectivity index (χ2v) is 6.16. The van der Waals surface area contributed by atoms with E-state index in [1.165, 1.54) is 0 Å². The van der Waals surface area contributed by atoms with Crippen molar-refractivity contribution in [2.24, 2.45) is 5.92 Å². The smallest absolute Gasteiger partial charge is 0.238 e. The highest BCUT2D eigenvalue weighted by Gasteiger charge is 2.28. The number of carbonyl (C=O) groups is 1. The number of rotatable bonds is 5. The Morgan fingerprint density at radius 3 is 2.63 bits per heavy atom. The van der Waals surface area contributed by atoms with Crippen LogP contribution in [0.1, 0.15) is 12.8 Å². The van der Waals surface area contributed by atoms with Crippen LogP contribution in [0.4, 0.5) is 5.69 Å². The monoisotopic (exact) mass is 326 g/mol. The van der Waals surface area contributed by atoms with E-state index in [2.05, 4.69) is 21.2 Å². The van der Waals surface area contributed by atoms with Crippen molar-refractivity contribution in [3.63, 3.8) is 0 Å². The number of hydrogen-bond donors (Lipinski definition) is 2. The molecule has 104 valence electrons. The van der Waals surface area contributed by atoms with Gasteiger partial charge in [-0.2, -0.15) is 0 Å². The fraction of sp³-hybridized carbons (Fsp3) is 0.500. The summed E-state index contributed by atoms with van der Waals surface area (Å²) in [6, 6.07) is 7.53. The normalized spacial score (nSPS) is 22.1. The largest absolute Gasteiger partial charge is 0.393 e. The molecule has 0 saturated heterocycles. The summed E-state index contributed by atoms with van der Waals surface area (Å²) in [5, 5.41) is 12.1. The van der Waals surface area contributed by atoms with E-state index in [0.29, 0.717) is 12.5 Å². The molecule has 0 spiro atoms. The Hall–Kier alpha value is -0.910. The molecule has 0 heterocycles. The third kappa shape index (κ3) is 4.60. The molecule has 1 aliphatic carbocycles. The molecule has 1 aromatic carbocycles. The van der Waals surface area contributed by atoms with Crippen molar-refractivity contribution in [2.75, 3.05) is 25.5 Å². The van der Waals surface area contributed by atoms with Gasteiger partial charge in [-0.3, -0.25) is 9.69 Å². The Balaban J connectivity index is 1.72. The maximum atomic E-state index is 11.8. The van der Waals surface area contributed by atoms with Crippen molar-refractivity contribution in [2.45, 2.75) is 18.9 Å². The third-order valence-electron chi connectivity index (χ3n) is 3.32. The third-order valence-corrected chi connectivity index (χ3v) is 3.85. The summed E-state index contributed by atoms with van der Waals surface area (Å²) in [6.45, 7) is 1.24. The highest BCUT2D eigenvalue weighted by molar-refractivity contribution is 9.10. The summed E-state index contributed by atoms with van der Waals surface area (Å²) in [7, 11) is 1.94. The van der Waals surface area contributed by atoms with Crippen LogP contribution < -0.4 is 5.32 Å². The number of aliphatic hydroxyl groups excluding tert-OH is 1. The van der Waals surface area contributed by atoms with Crippen LogP contribution in [0, 0.1) is 5.92 Å². The van der Waals surface area contributed by atoms with Gasteiger partial charge in [-0.25, -0.2) is 0 Å². The van der Waals surface area contributed by atoms with Crippen molar-refractivity contribution >= 4 is 27.5 Å². The minimum atomic E-state index is -0.130. The van der Waals surface area contributed by atoms with E-state index >= 15 is 0 Å². The van der Waals surface area contributed by atoms with E-state index in [1.54, 1.807) is 0 Å². The van der Waals surface area contributed by atoms with Crippen molar-refractivity contribution in [3.05, 3.63) is 28.7 Å². The number of nitrogens with one attached hydrogen (secondary N) is 1. The standard InChI is InChI=1S/C14H19BrN2O2/c1-17(8-10-6-13(18)7-10)9-14(19)16-12-4-2-11(15)3-5-12/h2-5,10,13,18H,6-9H2,1H3,(H,16,19). The van der Waals surface area contributed by atoms with E-state index in [-0.39, 0.29) is 12.0 Å². The molecule has 0 atom stereocenters. The minimum absolute atomic E-state index is 0.00954. The number of nitrogens with zero attached hydrogens (tertiary/aromatic N) is 1. The first-order chi connectivity index (χ1) is 9.02. The van der Waals surface area contributed by atoms with Crippen molar-refractivity contribution in [3.8, 4) is 0 Å². The molecule has 1 aromatic rings. The molecule has 2 N–H and O–H groups in total. The number of halogens is 1. The highest BCUT2D eigenvalue weighted by atomic mass is 79.9. The molecule has 2 rings (SSSR count). The van der Waals surface area contributed by atoms with Crippen LogP contribution >= 0.6 is 15.9 Å². The first kappa shape index (κ1) is 14.5. The first-order valence-corrected chi connectivity index (χ1v) is 7.24. The number of carbonyl (C=O) groups excluding carboxylic acids is 1. The van der Waals surface area contributed by atoms with Gasteiger partial charge in [0.15, 0.2) is 0 Å². The molecule has 0 aromatic heterocycles. The lowest BCUT2D eigenvalue weighted by Gasteiger charge is -2.34. The summed E-state index contributed by atoms with van der Waals surface area (Å²) in [4.78, 5) is 13.9. The second kappa shape index (κ2) is 6.50. The number of aliphatic hydroxyl groups is 1. The van der Waals surface area contributed by atoms with Gasteiger partial charge in [0, 0.05) is 16.7 Å². The van der Waals surface area contributed by atoms with Gasteiger partial charge in [0.1, 0.15) is 0 Å². The zero-order chi connectivity index (χ0) is 13.8. The molecule has 1 fully saturated rings. The van der Waals surface area contributed by atoms with Crippen molar-refractivity contribution in [1.82, 2.24) is 4.90 Å². The molecule has 0 unspecified atom stereocenters. The molecule has 0 bridgehead atoms. The Kier molecular flexibility index (Phi) is 4.96. The predicted octanol–water partition coefficient (Wildman–Crippen LogP) is 2.09. The number of hydrogen-bond acceptors (Lipinski definition) is 3. The number of anilines is 1. The van der Waals surface area contributed by atoms with Crippen molar-refractivity contribution in [1.29, 1.82) is 0 Å². The van der Waals surface area contributed by atoms with Crippen LogP contribution in [0.5, 0.6) is 0 Å². The number of likely N-dealkylation sites (N-methyl/N-ethyl adjacent to an activating group) is 1. The summed E-state index contributed by atoms with van der Waals surface area (Å²) < 4.78 is 0.992. The molecule has 0 radical (unpaired) electrons. The van der Waals surface area contributed by atoms with Gasteiger partial charge >= 0.3 is 0 Å². The van der Waals surface area contributed by atoms with Crippen molar-refractivity contribution < 1.29 is 9.90 Å². The van der Waals surface area contributed by atoms with E-state index in [1.807, 2.05) is 36.2 Å².